The molecule has 0 saturated carbocycles. The molecule has 3 aromatic rings. The maximum atomic E-state index is 14.3. The van der Waals surface area contributed by atoms with Gasteiger partial charge in [0.25, 0.3) is 0 Å². The van der Waals surface area contributed by atoms with E-state index in [0.29, 0.717) is 24.3 Å². The van der Waals surface area contributed by atoms with Crippen LogP contribution in [-0.4, -0.2) is 39.7 Å². The van der Waals surface area contributed by atoms with E-state index in [-0.39, 0.29) is 24.1 Å². The average molecular weight is 417 g/mol. The van der Waals surface area contributed by atoms with Crippen molar-refractivity contribution in [2.45, 2.75) is 32.4 Å². The summed E-state index contributed by atoms with van der Waals surface area (Å²) >= 11 is 0. The van der Waals surface area contributed by atoms with E-state index >= 15 is 0 Å². The maximum absolute atomic E-state index is 14.3. The molecule has 6 nitrogen and oxygen atoms in total. The van der Waals surface area contributed by atoms with E-state index in [1.54, 1.807) is 15.6 Å². The van der Waals surface area contributed by atoms with E-state index in [2.05, 4.69) is 5.10 Å². The topological polar surface area (TPSA) is 87.9 Å². The first-order chi connectivity index (χ1) is 14.9. The highest BCUT2D eigenvalue weighted by atomic mass is 19.1. The third-order valence-corrected chi connectivity index (χ3v) is 5.60. The average Bonchev–Trinajstić information content (AvgIpc) is 3.18. The number of nitrogens with zero attached hydrogens (tertiary/aromatic N) is 4. The fourth-order valence-corrected chi connectivity index (χ4v) is 3.89. The molecule has 1 saturated heterocycles. The van der Waals surface area contributed by atoms with Gasteiger partial charge in [-0.3, -0.25) is 9.48 Å². The molecule has 1 aromatic heterocycles. The first-order valence-corrected chi connectivity index (χ1v) is 10.3. The largest absolute Gasteiger partial charge is 0.340 e. The number of halogens is 1. The maximum Gasteiger partial charge on any atom is 0.244 e. The van der Waals surface area contributed by atoms with Gasteiger partial charge in [-0.05, 0) is 37.5 Å². The molecule has 158 valence electrons. The molecule has 2 heterocycles. The Morgan fingerprint density at radius 3 is 2.68 bits per heavy atom. The summed E-state index contributed by atoms with van der Waals surface area (Å²) in [6, 6.07) is 14.2. The van der Waals surface area contributed by atoms with Crippen molar-refractivity contribution < 1.29 is 9.18 Å². The summed E-state index contributed by atoms with van der Waals surface area (Å²) < 4.78 is 15.9. The molecular weight excluding hydrogens is 393 g/mol. The van der Waals surface area contributed by atoms with Gasteiger partial charge in [0.05, 0.1) is 5.56 Å². The van der Waals surface area contributed by atoms with Gasteiger partial charge in [0.1, 0.15) is 24.1 Å². The van der Waals surface area contributed by atoms with Gasteiger partial charge in [0.15, 0.2) is 0 Å². The summed E-state index contributed by atoms with van der Waals surface area (Å²) in [5.74, 6) is -0.631. The Bertz CT molecular complexity index is 1150. The normalized spacial score (nSPS) is 16.2. The van der Waals surface area contributed by atoms with Crippen LogP contribution in [0, 0.1) is 24.1 Å². The third kappa shape index (κ3) is 4.49. The van der Waals surface area contributed by atoms with Crippen LogP contribution < -0.4 is 5.73 Å². The lowest BCUT2D eigenvalue weighted by atomic mass is 10.00. The minimum Gasteiger partial charge on any atom is -0.340 e. The second-order valence-corrected chi connectivity index (χ2v) is 8.00. The second kappa shape index (κ2) is 8.70. The Hall–Kier alpha value is -3.50. The first kappa shape index (κ1) is 20.8. The number of likely N-dealkylation sites (tertiary alicyclic amines) is 1. The smallest absolute Gasteiger partial charge is 0.244 e. The number of amides is 1. The van der Waals surface area contributed by atoms with E-state index < -0.39 is 5.82 Å². The summed E-state index contributed by atoms with van der Waals surface area (Å²) in [6.07, 6.45) is 3.64. The van der Waals surface area contributed by atoms with Gasteiger partial charge in [-0.1, -0.05) is 35.9 Å². The number of hydrogen-bond donors (Lipinski definition) is 1. The second-order valence-electron chi connectivity index (χ2n) is 8.00. The standard InChI is InChI=1S/C24H24FN5O/c1-16-4-6-17(7-5-16)21-14-30(15-23(31)29-10-2-3-20(27)13-29)28-24(21)18-8-9-19(12-26)22(25)11-18/h4-9,11,14,20H,2-3,10,13,15,27H2,1H3. The summed E-state index contributed by atoms with van der Waals surface area (Å²) in [5.41, 5.74) is 9.96. The number of piperidine rings is 1. The SMILES string of the molecule is Cc1ccc(-c2cn(CC(=O)N3CCCC(N)C3)nc2-c2ccc(C#N)c(F)c2)cc1. The molecule has 1 aliphatic rings. The van der Waals surface area contributed by atoms with E-state index in [0.717, 1.165) is 29.5 Å². The zero-order valence-electron chi connectivity index (χ0n) is 17.4. The lowest BCUT2D eigenvalue weighted by molar-refractivity contribution is -0.133. The first-order valence-electron chi connectivity index (χ1n) is 10.3. The summed E-state index contributed by atoms with van der Waals surface area (Å²) in [6.45, 7) is 3.35. The number of nitriles is 1. The molecule has 1 fully saturated rings. The number of carbonyl (C=O) groups excluding carboxylic acids is 1. The molecule has 1 atom stereocenters. The molecule has 0 aliphatic carbocycles. The van der Waals surface area contributed by atoms with Crippen LogP contribution in [0.25, 0.3) is 22.4 Å². The van der Waals surface area contributed by atoms with Crippen molar-refractivity contribution >= 4 is 5.91 Å². The molecule has 0 bridgehead atoms. The van der Waals surface area contributed by atoms with Crippen molar-refractivity contribution in [1.29, 1.82) is 5.26 Å². The van der Waals surface area contributed by atoms with Gasteiger partial charge in [0, 0.05) is 36.5 Å². The van der Waals surface area contributed by atoms with Crippen LogP contribution in [0.2, 0.25) is 0 Å². The minimum atomic E-state index is -0.595. The number of aryl methyl sites for hydroxylation is 1. The highest BCUT2D eigenvalue weighted by Gasteiger charge is 2.23. The lowest BCUT2D eigenvalue weighted by Crippen LogP contribution is -2.46. The van der Waals surface area contributed by atoms with E-state index in [4.69, 9.17) is 11.0 Å². The van der Waals surface area contributed by atoms with Crippen LogP contribution in [0.3, 0.4) is 0 Å². The van der Waals surface area contributed by atoms with Crippen LogP contribution in [0.15, 0.2) is 48.7 Å². The van der Waals surface area contributed by atoms with Crippen molar-refractivity contribution in [3.8, 4) is 28.5 Å². The molecule has 0 spiro atoms. The predicted octanol–water partition coefficient (Wildman–Crippen LogP) is 3.49. The number of nitrogens with two attached hydrogens (primary N) is 1. The van der Waals surface area contributed by atoms with E-state index in [1.807, 2.05) is 43.5 Å². The zero-order chi connectivity index (χ0) is 22.0. The summed E-state index contributed by atoms with van der Waals surface area (Å²) in [4.78, 5) is 14.6. The van der Waals surface area contributed by atoms with E-state index in [9.17, 15) is 9.18 Å². The quantitative estimate of drug-likeness (QED) is 0.704. The van der Waals surface area contributed by atoms with E-state index in [1.165, 1.54) is 12.1 Å². The molecular formula is C24H24FN5O. The molecule has 2 N–H and O–H groups in total. The minimum absolute atomic E-state index is 0.00984. The number of carbonyl (C=O) groups is 1. The van der Waals surface area contributed by atoms with Crippen LogP contribution in [-0.2, 0) is 11.3 Å². The highest BCUT2D eigenvalue weighted by molar-refractivity contribution is 5.82. The van der Waals surface area contributed by atoms with Crippen LogP contribution in [0.5, 0.6) is 0 Å². The summed E-state index contributed by atoms with van der Waals surface area (Å²) in [7, 11) is 0. The zero-order valence-corrected chi connectivity index (χ0v) is 17.4. The third-order valence-electron chi connectivity index (χ3n) is 5.60. The summed E-state index contributed by atoms with van der Waals surface area (Å²) in [5, 5.41) is 13.6. The number of rotatable bonds is 4. The number of aromatic nitrogens is 2. The van der Waals surface area contributed by atoms with Crippen LogP contribution in [0.4, 0.5) is 4.39 Å². The van der Waals surface area contributed by atoms with Gasteiger partial charge < -0.3 is 10.6 Å². The number of hydrogen-bond acceptors (Lipinski definition) is 4. The Balaban J connectivity index is 1.70. The van der Waals surface area contributed by atoms with Gasteiger partial charge in [-0.15, -0.1) is 0 Å². The van der Waals surface area contributed by atoms with Gasteiger partial charge in [-0.2, -0.15) is 10.4 Å². The van der Waals surface area contributed by atoms with Crippen molar-refractivity contribution in [1.82, 2.24) is 14.7 Å². The Labute approximate surface area is 180 Å². The van der Waals surface area contributed by atoms with Gasteiger partial charge in [-0.25, -0.2) is 4.39 Å². The fraction of sp³-hybridized carbons (Fsp3) is 0.292. The Kier molecular flexibility index (Phi) is 5.83. The van der Waals surface area contributed by atoms with Crippen LogP contribution >= 0.6 is 0 Å². The van der Waals surface area contributed by atoms with Gasteiger partial charge in [0.2, 0.25) is 5.91 Å². The fourth-order valence-electron chi connectivity index (χ4n) is 3.89. The Morgan fingerprint density at radius 2 is 2.00 bits per heavy atom. The van der Waals surface area contributed by atoms with Crippen molar-refractivity contribution in [3.05, 3.63) is 65.6 Å². The number of benzene rings is 2. The van der Waals surface area contributed by atoms with Crippen molar-refractivity contribution in [3.63, 3.8) is 0 Å². The highest BCUT2D eigenvalue weighted by Crippen LogP contribution is 2.32. The molecule has 1 amide bonds. The van der Waals surface area contributed by atoms with Crippen molar-refractivity contribution in [2.75, 3.05) is 13.1 Å². The molecule has 31 heavy (non-hydrogen) atoms. The lowest BCUT2D eigenvalue weighted by Gasteiger charge is -2.30. The molecule has 0 radical (unpaired) electrons. The molecule has 1 aliphatic heterocycles. The molecule has 7 heteroatoms. The van der Waals surface area contributed by atoms with Gasteiger partial charge >= 0.3 is 0 Å². The van der Waals surface area contributed by atoms with Crippen LogP contribution in [0.1, 0.15) is 24.0 Å². The monoisotopic (exact) mass is 417 g/mol. The Morgan fingerprint density at radius 1 is 1.26 bits per heavy atom. The molecule has 2 aromatic carbocycles. The molecule has 4 rings (SSSR count). The van der Waals surface area contributed by atoms with Crippen molar-refractivity contribution in [2.24, 2.45) is 5.73 Å². The molecule has 1 unspecified atom stereocenters. The predicted molar refractivity (Wildman–Crippen MR) is 116 cm³/mol.